The standard InChI is InChI=1S/C13H14F8O4/c1-10(2,3)6(8(24)25)5(7(22)23)4-11(16,17)13(20,21)12(18,19)9(14)15/h9H,4H2,1-3H3,(H,22,23)(H,24,25)/p-2/b6-5-. The third-order valence-corrected chi connectivity index (χ3v) is 3.05. The SMILES string of the molecule is CC(C)(C)/C(C(=O)[O-])=C(/CC(F)(F)C(F)(F)C(F)(F)C(F)F)C(=O)[O-]. The first-order valence-corrected chi connectivity index (χ1v) is 6.38. The highest BCUT2D eigenvalue weighted by molar-refractivity contribution is 5.98. The molecule has 146 valence electrons. The second-order valence-corrected chi connectivity index (χ2v) is 6.06. The van der Waals surface area contributed by atoms with Crippen molar-refractivity contribution in [2.75, 3.05) is 0 Å². The third kappa shape index (κ3) is 4.40. The monoisotopic (exact) mass is 384 g/mol. The minimum absolute atomic E-state index is 0.977. The van der Waals surface area contributed by atoms with E-state index in [0.717, 1.165) is 20.8 Å². The molecule has 0 aromatic heterocycles. The first-order chi connectivity index (χ1) is 10.8. The molecule has 25 heavy (non-hydrogen) atoms. The molecule has 0 saturated heterocycles. The predicted molar refractivity (Wildman–Crippen MR) is 62.0 cm³/mol. The molecule has 0 rings (SSSR count). The lowest BCUT2D eigenvalue weighted by Gasteiger charge is -2.35. The number of hydrogen-bond donors (Lipinski definition) is 0. The number of carboxylic acids is 2. The third-order valence-electron chi connectivity index (χ3n) is 3.05. The Morgan fingerprint density at radius 1 is 0.880 bits per heavy atom. The Balaban J connectivity index is 6.38. The maximum absolute atomic E-state index is 13.6. The molecule has 12 heteroatoms. The summed E-state index contributed by atoms with van der Waals surface area (Å²) in [5.41, 5.74) is -5.16. The largest absolute Gasteiger partial charge is 0.545 e. The smallest absolute Gasteiger partial charge is 0.378 e. The Kier molecular flexibility index (Phi) is 6.28. The molecule has 0 aliphatic carbocycles. The van der Waals surface area contributed by atoms with E-state index in [4.69, 9.17) is 0 Å². The lowest BCUT2D eigenvalue weighted by molar-refractivity contribution is -0.339. The zero-order valence-electron chi connectivity index (χ0n) is 12.9. The first kappa shape index (κ1) is 23.1. The summed E-state index contributed by atoms with van der Waals surface area (Å²) in [5, 5.41) is 21.9. The second kappa shape index (κ2) is 6.79. The van der Waals surface area contributed by atoms with Gasteiger partial charge in [0.25, 0.3) is 0 Å². The van der Waals surface area contributed by atoms with Gasteiger partial charge in [-0.25, -0.2) is 8.78 Å². The number of alkyl halides is 8. The van der Waals surface area contributed by atoms with Crippen LogP contribution in [-0.4, -0.2) is 36.1 Å². The van der Waals surface area contributed by atoms with Gasteiger partial charge < -0.3 is 19.8 Å². The van der Waals surface area contributed by atoms with E-state index < -0.39 is 59.1 Å². The van der Waals surface area contributed by atoms with Crippen molar-refractivity contribution in [3.05, 3.63) is 11.1 Å². The maximum atomic E-state index is 13.6. The Labute approximate surface area is 136 Å². The van der Waals surface area contributed by atoms with E-state index in [0.29, 0.717) is 0 Å². The maximum Gasteiger partial charge on any atom is 0.378 e. The molecular weight excluding hydrogens is 372 g/mol. The van der Waals surface area contributed by atoms with Crippen molar-refractivity contribution < 1.29 is 54.9 Å². The molecule has 0 atom stereocenters. The summed E-state index contributed by atoms with van der Waals surface area (Å²) in [5.74, 6) is -24.2. The van der Waals surface area contributed by atoms with Crippen LogP contribution in [0.4, 0.5) is 35.1 Å². The molecule has 0 radical (unpaired) electrons. The number of aliphatic carboxylic acids is 2. The van der Waals surface area contributed by atoms with E-state index in [1.807, 2.05) is 0 Å². The van der Waals surface area contributed by atoms with Crippen LogP contribution in [0.15, 0.2) is 11.1 Å². The molecule has 0 aliphatic heterocycles. The van der Waals surface area contributed by atoms with Crippen molar-refractivity contribution in [3.63, 3.8) is 0 Å². The Morgan fingerprint density at radius 2 is 1.28 bits per heavy atom. The van der Waals surface area contributed by atoms with E-state index in [2.05, 4.69) is 0 Å². The summed E-state index contributed by atoms with van der Waals surface area (Å²) in [4.78, 5) is 21.9. The predicted octanol–water partition coefficient (Wildman–Crippen LogP) is 1.39. The van der Waals surface area contributed by atoms with Crippen LogP contribution in [0.1, 0.15) is 27.2 Å². The number of carboxylic acid groups (broad SMARTS) is 2. The highest BCUT2D eigenvalue weighted by atomic mass is 19.4. The lowest BCUT2D eigenvalue weighted by atomic mass is 9.81. The second-order valence-electron chi connectivity index (χ2n) is 6.06. The minimum Gasteiger partial charge on any atom is -0.545 e. The van der Waals surface area contributed by atoms with Crippen LogP contribution in [0.3, 0.4) is 0 Å². The number of carbonyl (C=O) groups is 2. The zero-order valence-corrected chi connectivity index (χ0v) is 12.9. The van der Waals surface area contributed by atoms with Crippen molar-refractivity contribution in [1.29, 1.82) is 0 Å². The Morgan fingerprint density at radius 3 is 1.52 bits per heavy atom. The average Bonchev–Trinajstić information content (AvgIpc) is 2.34. The van der Waals surface area contributed by atoms with Gasteiger partial charge in [-0.15, -0.1) is 0 Å². The van der Waals surface area contributed by atoms with Crippen molar-refractivity contribution in [2.24, 2.45) is 5.41 Å². The van der Waals surface area contributed by atoms with Gasteiger partial charge in [0.2, 0.25) is 0 Å². The van der Waals surface area contributed by atoms with E-state index in [1.165, 1.54) is 0 Å². The van der Waals surface area contributed by atoms with Crippen LogP contribution in [0.25, 0.3) is 0 Å². The summed E-state index contributed by atoms with van der Waals surface area (Å²) in [6, 6.07) is 0. The molecule has 0 amide bonds. The van der Waals surface area contributed by atoms with Crippen LogP contribution < -0.4 is 10.2 Å². The van der Waals surface area contributed by atoms with Crippen molar-refractivity contribution in [2.45, 2.75) is 51.4 Å². The average molecular weight is 384 g/mol. The number of carbonyl (C=O) groups excluding carboxylic acids is 2. The summed E-state index contributed by atoms with van der Waals surface area (Å²) in [6.45, 7) is 2.93. The minimum atomic E-state index is -6.68. The number of halogens is 8. The highest BCUT2D eigenvalue weighted by Gasteiger charge is 2.75. The summed E-state index contributed by atoms with van der Waals surface area (Å²) in [7, 11) is 0. The number of rotatable bonds is 7. The molecule has 0 heterocycles. The molecule has 0 saturated carbocycles. The molecule has 0 aromatic carbocycles. The molecule has 0 fully saturated rings. The molecular formula is C13H12F8O4-2. The Bertz CT molecular complexity index is 575. The Hall–Kier alpha value is -1.88. The number of hydrogen-bond acceptors (Lipinski definition) is 4. The highest BCUT2D eigenvalue weighted by Crippen LogP contribution is 2.51. The van der Waals surface area contributed by atoms with Crippen molar-refractivity contribution in [1.82, 2.24) is 0 Å². The summed E-state index contributed by atoms with van der Waals surface area (Å²) in [6.07, 6.45) is -7.97. The van der Waals surface area contributed by atoms with E-state index >= 15 is 0 Å². The van der Waals surface area contributed by atoms with Gasteiger partial charge >= 0.3 is 24.2 Å². The molecule has 0 bridgehead atoms. The van der Waals surface area contributed by atoms with E-state index in [9.17, 15) is 54.9 Å². The fourth-order valence-electron chi connectivity index (χ4n) is 1.86. The molecule has 0 aliphatic rings. The van der Waals surface area contributed by atoms with Gasteiger partial charge in [-0.1, -0.05) is 20.8 Å². The molecule has 0 unspecified atom stereocenters. The van der Waals surface area contributed by atoms with Crippen molar-refractivity contribution in [3.8, 4) is 0 Å². The molecule has 0 aromatic rings. The van der Waals surface area contributed by atoms with E-state index in [-0.39, 0.29) is 0 Å². The van der Waals surface area contributed by atoms with Gasteiger partial charge in [-0.2, -0.15) is 26.3 Å². The molecule has 0 N–H and O–H groups in total. The fraction of sp³-hybridized carbons (Fsp3) is 0.692. The fourth-order valence-corrected chi connectivity index (χ4v) is 1.86. The topological polar surface area (TPSA) is 80.3 Å². The first-order valence-electron chi connectivity index (χ1n) is 6.38. The molecule has 0 spiro atoms. The van der Waals surface area contributed by atoms with Crippen LogP contribution in [0, 0.1) is 5.41 Å². The van der Waals surface area contributed by atoms with Crippen molar-refractivity contribution >= 4 is 11.9 Å². The quantitative estimate of drug-likeness (QED) is 0.491. The van der Waals surface area contributed by atoms with Gasteiger partial charge in [0.15, 0.2) is 0 Å². The van der Waals surface area contributed by atoms with Gasteiger partial charge in [0.05, 0.1) is 11.9 Å². The summed E-state index contributed by atoms with van der Waals surface area (Å²) >= 11 is 0. The van der Waals surface area contributed by atoms with E-state index in [1.54, 1.807) is 0 Å². The molecule has 4 nitrogen and oxygen atoms in total. The van der Waals surface area contributed by atoms with Gasteiger partial charge in [-0.3, -0.25) is 0 Å². The van der Waals surface area contributed by atoms with Gasteiger partial charge in [-0.05, 0) is 16.6 Å². The van der Waals surface area contributed by atoms with Crippen LogP contribution >= 0.6 is 0 Å². The lowest BCUT2D eigenvalue weighted by Crippen LogP contribution is -2.58. The van der Waals surface area contributed by atoms with Gasteiger partial charge in [0.1, 0.15) is 0 Å². The normalized spacial score (nSPS) is 15.2. The van der Waals surface area contributed by atoms with Crippen LogP contribution in [-0.2, 0) is 9.59 Å². The van der Waals surface area contributed by atoms with Crippen LogP contribution in [0.5, 0.6) is 0 Å². The van der Waals surface area contributed by atoms with Gasteiger partial charge in [0, 0.05) is 6.42 Å². The zero-order chi connectivity index (χ0) is 20.6. The van der Waals surface area contributed by atoms with Crippen LogP contribution in [0.2, 0.25) is 0 Å². The summed E-state index contributed by atoms with van der Waals surface area (Å²) < 4.78 is 103.